The van der Waals surface area contributed by atoms with Crippen molar-refractivity contribution in [2.24, 2.45) is 0 Å². The normalized spacial score (nSPS) is 10.3. The van der Waals surface area contributed by atoms with Crippen molar-refractivity contribution in [2.45, 2.75) is 33.2 Å². The van der Waals surface area contributed by atoms with Crippen LogP contribution in [0.25, 0.3) is 0 Å². The highest BCUT2D eigenvalue weighted by Gasteiger charge is 2.13. The highest BCUT2D eigenvalue weighted by Crippen LogP contribution is 2.12. The number of carbonyl (C=O) groups is 2. The highest BCUT2D eigenvalue weighted by atomic mass is 16.5. The highest BCUT2D eigenvalue weighted by molar-refractivity contribution is 5.84. The Bertz CT molecular complexity index is 486. The summed E-state index contributed by atoms with van der Waals surface area (Å²) in [6.45, 7) is 6.13. The third-order valence-corrected chi connectivity index (χ3v) is 2.83. The number of hydrogen-bond donors (Lipinski definition) is 1. The van der Waals surface area contributed by atoms with Crippen molar-refractivity contribution < 1.29 is 14.3 Å². The fraction of sp³-hybridized carbons (Fsp3) is 0.500. The molecule has 0 atom stereocenters. The fourth-order valence-corrected chi connectivity index (χ4v) is 1.82. The van der Waals surface area contributed by atoms with E-state index in [1.54, 1.807) is 7.05 Å². The number of likely N-dealkylation sites (N-methyl/N-ethyl adjacent to an activating group) is 1. The molecule has 5 nitrogen and oxygen atoms in total. The lowest BCUT2D eigenvalue weighted by Gasteiger charge is -2.18. The van der Waals surface area contributed by atoms with Crippen LogP contribution >= 0.6 is 0 Å². The summed E-state index contributed by atoms with van der Waals surface area (Å²) < 4.78 is 5.53. The van der Waals surface area contributed by atoms with Gasteiger partial charge in [0.15, 0.2) is 0 Å². The number of carbonyl (C=O) groups excluding carboxylic acids is 2. The van der Waals surface area contributed by atoms with E-state index in [1.165, 1.54) is 4.90 Å². The average molecular weight is 292 g/mol. The minimum atomic E-state index is -0.152. The summed E-state index contributed by atoms with van der Waals surface area (Å²) in [7, 11) is 1.62. The first-order valence-corrected chi connectivity index (χ1v) is 7.11. The second-order valence-corrected chi connectivity index (χ2v) is 5.39. The molecule has 0 bridgehead atoms. The Balaban J connectivity index is 2.31. The number of nitrogens with one attached hydrogen (secondary N) is 1. The van der Waals surface area contributed by atoms with Gasteiger partial charge in [0.2, 0.25) is 11.8 Å². The van der Waals surface area contributed by atoms with Gasteiger partial charge >= 0.3 is 0 Å². The maximum absolute atomic E-state index is 11.9. The molecule has 21 heavy (non-hydrogen) atoms. The monoisotopic (exact) mass is 292 g/mol. The van der Waals surface area contributed by atoms with Crippen molar-refractivity contribution in [1.82, 2.24) is 10.2 Å². The van der Waals surface area contributed by atoms with Gasteiger partial charge in [-0.05, 0) is 38.5 Å². The first kappa shape index (κ1) is 17.0. The van der Waals surface area contributed by atoms with Crippen LogP contribution in [-0.4, -0.2) is 43.0 Å². The minimum absolute atomic E-state index is 0.0709. The lowest BCUT2D eigenvalue weighted by molar-refractivity contribution is -0.135. The molecule has 0 fully saturated rings. The van der Waals surface area contributed by atoms with Crippen LogP contribution in [0.1, 0.15) is 25.8 Å². The summed E-state index contributed by atoms with van der Waals surface area (Å²) in [4.78, 5) is 24.9. The molecular formula is C16H24N2O3. The van der Waals surface area contributed by atoms with Gasteiger partial charge in [0, 0.05) is 13.1 Å². The molecule has 2 amide bonds. The largest absolute Gasteiger partial charge is 0.493 e. The molecule has 0 heterocycles. The van der Waals surface area contributed by atoms with Crippen LogP contribution in [-0.2, 0) is 9.59 Å². The van der Waals surface area contributed by atoms with Crippen molar-refractivity contribution >= 4 is 11.8 Å². The first-order valence-electron chi connectivity index (χ1n) is 7.11. The summed E-state index contributed by atoms with van der Waals surface area (Å²) in [5, 5.41) is 2.75. The molecule has 1 aromatic carbocycles. The predicted molar refractivity (Wildman–Crippen MR) is 82.2 cm³/mol. The molecule has 0 radical (unpaired) electrons. The van der Waals surface area contributed by atoms with E-state index < -0.39 is 0 Å². The molecule has 0 saturated heterocycles. The smallest absolute Gasteiger partial charge is 0.239 e. The van der Waals surface area contributed by atoms with Crippen molar-refractivity contribution in [3.05, 3.63) is 29.8 Å². The van der Waals surface area contributed by atoms with Gasteiger partial charge < -0.3 is 15.0 Å². The molecule has 116 valence electrons. The summed E-state index contributed by atoms with van der Waals surface area (Å²) in [5.74, 6) is 0.491. The zero-order valence-corrected chi connectivity index (χ0v) is 13.2. The Morgan fingerprint density at radius 2 is 2.05 bits per heavy atom. The molecule has 0 aromatic heterocycles. The third-order valence-electron chi connectivity index (χ3n) is 2.83. The van der Waals surface area contributed by atoms with Gasteiger partial charge in [0.25, 0.3) is 0 Å². The van der Waals surface area contributed by atoms with Crippen molar-refractivity contribution in [1.29, 1.82) is 0 Å². The molecule has 1 N–H and O–H groups in total. The maximum Gasteiger partial charge on any atom is 0.239 e. The lowest BCUT2D eigenvalue weighted by atomic mass is 10.2. The quantitative estimate of drug-likeness (QED) is 0.833. The standard InChI is InChI=1S/C16H24N2O3/c1-12(2)17-15(19)11-18(4)16(20)8-9-21-14-7-5-6-13(3)10-14/h5-7,10,12H,8-9,11H2,1-4H3,(H,17,19). The third kappa shape index (κ3) is 6.79. The van der Waals surface area contributed by atoms with E-state index in [-0.39, 0.29) is 30.8 Å². The van der Waals surface area contributed by atoms with E-state index >= 15 is 0 Å². The molecule has 0 aliphatic carbocycles. The van der Waals surface area contributed by atoms with Crippen LogP contribution in [0.2, 0.25) is 0 Å². The SMILES string of the molecule is Cc1cccc(OCCC(=O)N(C)CC(=O)NC(C)C)c1. The van der Waals surface area contributed by atoms with Gasteiger partial charge in [-0.2, -0.15) is 0 Å². The van der Waals surface area contributed by atoms with E-state index in [1.807, 2.05) is 45.0 Å². The Kier molecular flexibility index (Phi) is 6.72. The topological polar surface area (TPSA) is 58.6 Å². The number of rotatable bonds is 7. The molecule has 0 aliphatic heterocycles. The van der Waals surface area contributed by atoms with Crippen LogP contribution in [0.5, 0.6) is 5.75 Å². The molecular weight excluding hydrogens is 268 g/mol. The Labute approximate surface area is 126 Å². The van der Waals surface area contributed by atoms with Gasteiger partial charge in [0.1, 0.15) is 5.75 Å². The number of nitrogens with zero attached hydrogens (tertiary/aromatic N) is 1. The van der Waals surface area contributed by atoms with Crippen molar-refractivity contribution in [2.75, 3.05) is 20.2 Å². The molecule has 1 aromatic rings. The first-order chi connectivity index (χ1) is 9.88. The van der Waals surface area contributed by atoms with Crippen LogP contribution in [0.4, 0.5) is 0 Å². The van der Waals surface area contributed by atoms with Gasteiger partial charge in [-0.15, -0.1) is 0 Å². The summed E-state index contributed by atoms with van der Waals surface area (Å²) in [6, 6.07) is 7.75. The summed E-state index contributed by atoms with van der Waals surface area (Å²) >= 11 is 0. The van der Waals surface area contributed by atoms with Gasteiger partial charge in [-0.3, -0.25) is 9.59 Å². The molecule has 0 unspecified atom stereocenters. The maximum atomic E-state index is 11.9. The number of hydrogen-bond acceptors (Lipinski definition) is 3. The van der Waals surface area contributed by atoms with E-state index in [4.69, 9.17) is 4.74 Å². The number of ether oxygens (including phenoxy) is 1. The zero-order chi connectivity index (χ0) is 15.8. The predicted octanol–water partition coefficient (Wildman–Crippen LogP) is 1.75. The molecule has 1 rings (SSSR count). The average Bonchev–Trinajstić information content (AvgIpc) is 2.37. The van der Waals surface area contributed by atoms with E-state index in [0.717, 1.165) is 11.3 Å². The summed E-state index contributed by atoms with van der Waals surface area (Å²) in [6.07, 6.45) is 0.249. The van der Waals surface area contributed by atoms with Crippen molar-refractivity contribution in [3.8, 4) is 5.75 Å². The van der Waals surface area contributed by atoms with E-state index in [2.05, 4.69) is 5.32 Å². The van der Waals surface area contributed by atoms with Crippen LogP contribution in [0, 0.1) is 6.92 Å². The van der Waals surface area contributed by atoms with Crippen LogP contribution in [0.3, 0.4) is 0 Å². The molecule has 5 heteroatoms. The number of aryl methyl sites for hydroxylation is 1. The lowest BCUT2D eigenvalue weighted by Crippen LogP contribution is -2.41. The molecule has 0 aliphatic rings. The van der Waals surface area contributed by atoms with Gasteiger partial charge in [0.05, 0.1) is 19.6 Å². The van der Waals surface area contributed by atoms with Gasteiger partial charge in [-0.25, -0.2) is 0 Å². The van der Waals surface area contributed by atoms with Crippen LogP contribution in [0.15, 0.2) is 24.3 Å². The zero-order valence-electron chi connectivity index (χ0n) is 13.2. The fourth-order valence-electron chi connectivity index (χ4n) is 1.82. The van der Waals surface area contributed by atoms with Gasteiger partial charge in [-0.1, -0.05) is 12.1 Å². The molecule has 0 saturated carbocycles. The van der Waals surface area contributed by atoms with E-state index in [0.29, 0.717) is 6.61 Å². The number of amides is 2. The van der Waals surface area contributed by atoms with E-state index in [9.17, 15) is 9.59 Å². The number of benzene rings is 1. The Hall–Kier alpha value is -2.04. The molecule has 0 spiro atoms. The summed E-state index contributed by atoms with van der Waals surface area (Å²) in [5.41, 5.74) is 1.11. The minimum Gasteiger partial charge on any atom is -0.493 e. The Morgan fingerprint density at radius 1 is 1.33 bits per heavy atom. The second-order valence-electron chi connectivity index (χ2n) is 5.39. The van der Waals surface area contributed by atoms with Crippen molar-refractivity contribution in [3.63, 3.8) is 0 Å². The van der Waals surface area contributed by atoms with Crippen LogP contribution < -0.4 is 10.1 Å². The second kappa shape index (κ2) is 8.29. The Morgan fingerprint density at radius 3 is 2.67 bits per heavy atom.